The van der Waals surface area contributed by atoms with E-state index in [2.05, 4.69) is 0 Å². The van der Waals surface area contributed by atoms with Crippen LogP contribution in [0.1, 0.15) is 12.0 Å². The zero-order valence-electron chi connectivity index (χ0n) is 8.10. The molecule has 2 rings (SSSR count). The summed E-state index contributed by atoms with van der Waals surface area (Å²) in [5.41, 5.74) is 1.95. The minimum absolute atomic E-state index is 0.0255. The standard InChI is InChI=1S/C11H13NO2/c1-12-10-5-3-2-4-8(10)6-9(13)7-11(12)14/h2-5,9,13H,6-7H2,1H3. The van der Waals surface area contributed by atoms with Crippen molar-refractivity contribution in [2.45, 2.75) is 18.9 Å². The van der Waals surface area contributed by atoms with Crippen molar-refractivity contribution >= 4 is 11.6 Å². The molecule has 1 aliphatic heterocycles. The molecule has 0 aliphatic carbocycles. The van der Waals surface area contributed by atoms with Crippen molar-refractivity contribution in [2.75, 3.05) is 11.9 Å². The Morgan fingerprint density at radius 2 is 2.07 bits per heavy atom. The van der Waals surface area contributed by atoms with E-state index in [4.69, 9.17) is 0 Å². The van der Waals surface area contributed by atoms with Crippen LogP contribution < -0.4 is 4.90 Å². The SMILES string of the molecule is CN1C(=O)CC(O)Cc2ccccc21. The smallest absolute Gasteiger partial charge is 0.229 e. The van der Waals surface area contributed by atoms with Gasteiger partial charge in [0.1, 0.15) is 0 Å². The summed E-state index contributed by atoms with van der Waals surface area (Å²) in [4.78, 5) is 13.2. The van der Waals surface area contributed by atoms with Crippen LogP contribution >= 0.6 is 0 Å². The molecule has 1 aromatic carbocycles. The average molecular weight is 191 g/mol. The molecule has 1 aliphatic rings. The van der Waals surface area contributed by atoms with Crippen molar-refractivity contribution in [3.8, 4) is 0 Å². The molecule has 1 aromatic rings. The van der Waals surface area contributed by atoms with Crippen LogP contribution in [0.2, 0.25) is 0 Å². The Balaban J connectivity index is 2.46. The number of para-hydroxylation sites is 1. The third-order valence-corrected chi connectivity index (χ3v) is 2.59. The highest BCUT2D eigenvalue weighted by atomic mass is 16.3. The lowest BCUT2D eigenvalue weighted by atomic mass is 10.1. The molecule has 1 atom stereocenters. The maximum absolute atomic E-state index is 11.6. The quantitative estimate of drug-likeness (QED) is 0.663. The number of carbonyl (C=O) groups is 1. The molecular weight excluding hydrogens is 178 g/mol. The predicted molar refractivity (Wildman–Crippen MR) is 54.2 cm³/mol. The molecule has 0 bridgehead atoms. The molecule has 0 saturated heterocycles. The number of carbonyl (C=O) groups excluding carboxylic acids is 1. The fourth-order valence-corrected chi connectivity index (χ4v) is 1.81. The fourth-order valence-electron chi connectivity index (χ4n) is 1.81. The summed E-state index contributed by atoms with van der Waals surface area (Å²) < 4.78 is 0. The first-order valence-electron chi connectivity index (χ1n) is 4.71. The van der Waals surface area contributed by atoms with Gasteiger partial charge in [-0.05, 0) is 11.6 Å². The number of hydrogen-bond donors (Lipinski definition) is 1. The van der Waals surface area contributed by atoms with Crippen molar-refractivity contribution in [2.24, 2.45) is 0 Å². The lowest BCUT2D eigenvalue weighted by Gasteiger charge is -2.16. The minimum atomic E-state index is -0.548. The van der Waals surface area contributed by atoms with Crippen LogP contribution in [0.3, 0.4) is 0 Å². The van der Waals surface area contributed by atoms with Crippen LogP contribution in [-0.4, -0.2) is 24.2 Å². The number of amides is 1. The van der Waals surface area contributed by atoms with E-state index in [1.807, 2.05) is 24.3 Å². The van der Waals surface area contributed by atoms with E-state index in [1.165, 1.54) is 0 Å². The van der Waals surface area contributed by atoms with Crippen LogP contribution in [0.15, 0.2) is 24.3 Å². The lowest BCUT2D eigenvalue weighted by Crippen LogP contribution is -2.27. The molecule has 0 saturated carbocycles. The molecule has 0 fully saturated rings. The molecule has 1 N–H and O–H groups in total. The van der Waals surface area contributed by atoms with Gasteiger partial charge in [0.15, 0.2) is 0 Å². The Morgan fingerprint density at radius 3 is 2.86 bits per heavy atom. The maximum atomic E-state index is 11.6. The van der Waals surface area contributed by atoms with E-state index in [0.717, 1.165) is 11.3 Å². The summed E-state index contributed by atoms with van der Waals surface area (Å²) in [7, 11) is 1.75. The van der Waals surface area contributed by atoms with Crippen molar-refractivity contribution in [3.05, 3.63) is 29.8 Å². The molecule has 3 nitrogen and oxygen atoms in total. The molecule has 1 heterocycles. The molecular formula is C11H13NO2. The second-order valence-corrected chi connectivity index (χ2v) is 3.64. The first-order valence-corrected chi connectivity index (χ1v) is 4.71. The predicted octanol–water partition coefficient (Wildman–Crippen LogP) is 0.956. The topological polar surface area (TPSA) is 40.5 Å². The summed E-state index contributed by atoms with van der Waals surface area (Å²) in [5, 5.41) is 9.58. The largest absolute Gasteiger partial charge is 0.392 e. The third-order valence-electron chi connectivity index (χ3n) is 2.59. The van der Waals surface area contributed by atoms with Crippen molar-refractivity contribution in [3.63, 3.8) is 0 Å². The molecule has 1 unspecified atom stereocenters. The number of anilines is 1. The van der Waals surface area contributed by atoms with Gasteiger partial charge in [0.05, 0.1) is 12.5 Å². The van der Waals surface area contributed by atoms with Gasteiger partial charge in [-0.2, -0.15) is 0 Å². The van der Waals surface area contributed by atoms with E-state index in [0.29, 0.717) is 6.42 Å². The summed E-state index contributed by atoms with van der Waals surface area (Å²) in [6, 6.07) is 7.69. The molecule has 74 valence electrons. The van der Waals surface area contributed by atoms with Gasteiger partial charge in [0.2, 0.25) is 5.91 Å². The van der Waals surface area contributed by atoms with Crippen LogP contribution in [0.5, 0.6) is 0 Å². The lowest BCUT2D eigenvalue weighted by molar-refractivity contribution is -0.119. The number of aliphatic hydroxyl groups is 1. The second-order valence-electron chi connectivity index (χ2n) is 3.64. The molecule has 0 aromatic heterocycles. The number of hydrogen-bond acceptors (Lipinski definition) is 2. The monoisotopic (exact) mass is 191 g/mol. The van der Waals surface area contributed by atoms with Crippen molar-refractivity contribution in [1.82, 2.24) is 0 Å². The molecule has 14 heavy (non-hydrogen) atoms. The van der Waals surface area contributed by atoms with Crippen LogP contribution in [-0.2, 0) is 11.2 Å². The Labute approximate surface area is 83.0 Å². The van der Waals surface area contributed by atoms with E-state index < -0.39 is 6.10 Å². The maximum Gasteiger partial charge on any atom is 0.229 e. The number of fused-ring (bicyclic) bond motifs is 1. The van der Waals surface area contributed by atoms with E-state index in [1.54, 1.807) is 11.9 Å². The second kappa shape index (κ2) is 3.42. The van der Waals surface area contributed by atoms with E-state index in [9.17, 15) is 9.90 Å². The first kappa shape index (κ1) is 9.21. The van der Waals surface area contributed by atoms with Gasteiger partial charge in [-0.3, -0.25) is 4.79 Å². The van der Waals surface area contributed by atoms with Gasteiger partial charge in [-0.25, -0.2) is 0 Å². The fraction of sp³-hybridized carbons (Fsp3) is 0.364. The van der Waals surface area contributed by atoms with Crippen LogP contribution in [0.4, 0.5) is 5.69 Å². The van der Waals surface area contributed by atoms with Gasteiger partial charge >= 0.3 is 0 Å². The van der Waals surface area contributed by atoms with Gasteiger partial charge in [-0.15, -0.1) is 0 Å². The summed E-state index contributed by atoms with van der Waals surface area (Å²) in [6.07, 6.45) is 0.228. The van der Waals surface area contributed by atoms with Gasteiger partial charge < -0.3 is 10.0 Å². The highest BCUT2D eigenvalue weighted by molar-refractivity contribution is 5.94. The van der Waals surface area contributed by atoms with Gasteiger partial charge in [-0.1, -0.05) is 18.2 Å². The van der Waals surface area contributed by atoms with Gasteiger partial charge in [0.25, 0.3) is 0 Å². The zero-order valence-corrected chi connectivity index (χ0v) is 8.10. The number of benzene rings is 1. The van der Waals surface area contributed by atoms with Crippen molar-refractivity contribution in [1.29, 1.82) is 0 Å². The molecule has 1 amide bonds. The minimum Gasteiger partial charge on any atom is -0.392 e. The first-order chi connectivity index (χ1) is 6.68. The Kier molecular flexibility index (Phi) is 2.25. The molecule has 3 heteroatoms. The van der Waals surface area contributed by atoms with E-state index in [-0.39, 0.29) is 12.3 Å². The van der Waals surface area contributed by atoms with Gasteiger partial charge in [0, 0.05) is 19.2 Å². The number of rotatable bonds is 0. The number of aliphatic hydroxyl groups excluding tert-OH is 1. The average Bonchev–Trinajstić information content (AvgIpc) is 2.26. The van der Waals surface area contributed by atoms with Crippen LogP contribution in [0, 0.1) is 0 Å². The third kappa shape index (κ3) is 1.51. The Morgan fingerprint density at radius 1 is 1.36 bits per heavy atom. The normalized spacial score (nSPS) is 21.7. The number of nitrogens with zero attached hydrogens (tertiary/aromatic N) is 1. The van der Waals surface area contributed by atoms with E-state index >= 15 is 0 Å². The zero-order chi connectivity index (χ0) is 10.1. The summed E-state index contributed by atoms with van der Waals surface area (Å²) in [6.45, 7) is 0. The van der Waals surface area contributed by atoms with Crippen LogP contribution in [0.25, 0.3) is 0 Å². The highest BCUT2D eigenvalue weighted by Crippen LogP contribution is 2.25. The Hall–Kier alpha value is -1.35. The summed E-state index contributed by atoms with van der Waals surface area (Å²) >= 11 is 0. The molecule has 0 radical (unpaired) electrons. The van der Waals surface area contributed by atoms with Crippen molar-refractivity contribution < 1.29 is 9.90 Å². The molecule has 0 spiro atoms. The Bertz CT molecular complexity index is 362. The highest BCUT2D eigenvalue weighted by Gasteiger charge is 2.23. The summed E-state index contributed by atoms with van der Waals surface area (Å²) in [5.74, 6) is -0.0255.